The van der Waals surface area contributed by atoms with Crippen LogP contribution in [-0.4, -0.2) is 24.1 Å². The van der Waals surface area contributed by atoms with E-state index in [1.165, 1.54) is 3.57 Å². The molecule has 5 rings (SSSR count). The summed E-state index contributed by atoms with van der Waals surface area (Å²) in [5, 5.41) is 5.90. The Hall–Kier alpha value is -2.45. The van der Waals surface area contributed by atoms with E-state index in [4.69, 9.17) is 11.6 Å². The molecule has 0 saturated carbocycles. The number of hydrogen-bond acceptors (Lipinski definition) is 3. The molecular weight excluding hydrogens is 461 g/mol. The van der Waals surface area contributed by atoms with Crippen LogP contribution in [0.4, 0.5) is 0 Å². The molecule has 0 amide bonds. The molecule has 3 aromatic heterocycles. The van der Waals surface area contributed by atoms with Crippen molar-refractivity contribution in [1.29, 1.82) is 0 Å². The van der Waals surface area contributed by atoms with Gasteiger partial charge in [-0.2, -0.15) is 5.10 Å². The van der Waals surface area contributed by atoms with E-state index >= 15 is 0 Å². The number of benzene rings is 2. The quantitative estimate of drug-likeness (QED) is 0.341. The maximum Gasteiger partial charge on any atom is 0.168 e. The van der Waals surface area contributed by atoms with E-state index in [1.807, 2.05) is 24.3 Å². The minimum Gasteiger partial charge on any atom is -0.301 e. The third kappa shape index (κ3) is 2.48. The highest BCUT2D eigenvalue weighted by molar-refractivity contribution is 14.1. The van der Waals surface area contributed by atoms with Gasteiger partial charge in [-0.25, -0.2) is 14.5 Å². The Labute approximate surface area is 167 Å². The Balaban J connectivity index is 1.87. The third-order valence-electron chi connectivity index (χ3n) is 4.33. The molecule has 0 fully saturated rings. The van der Waals surface area contributed by atoms with Crippen molar-refractivity contribution >= 4 is 50.9 Å². The molecule has 0 aliphatic rings. The predicted octanol–water partition coefficient (Wildman–Crippen LogP) is 4.99. The van der Waals surface area contributed by atoms with E-state index < -0.39 is 0 Å². The van der Waals surface area contributed by atoms with Gasteiger partial charge < -0.3 is 4.57 Å². The molecule has 3 heterocycles. The summed E-state index contributed by atoms with van der Waals surface area (Å²) in [7, 11) is 0. The first kappa shape index (κ1) is 15.8. The van der Waals surface area contributed by atoms with Crippen molar-refractivity contribution in [3.05, 3.63) is 76.0 Å². The second-order valence-electron chi connectivity index (χ2n) is 5.87. The monoisotopic (exact) mass is 471 g/mol. The third-order valence-corrected chi connectivity index (χ3v) is 5.30. The summed E-state index contributed by atoms with van der Waals surface area (Å²) in [6.45, 7) is 0. The Morgan fingerprint density at radius 2 is 1.65 bits per heavy atom. The van der Waals surface area contributed by atoms with Gasteiger partial charge >= 0.3 is 0 Å². The van der Waals surface area contributed by atoms with Crippen molar-refractivity contribution in [2.75, 3.05) is 0 Å². The van der Waals surface area contributed by atoms with Crippen molar-refractivity contribution in [1.82, 2.24) is 24.1 Å². The lowest BCUT2D eigenvalue weighted by Gasteiger charge is -2.04. The summed E-state index contributed by atoms with van der Waals surface area (Å²) in [6.07, 6.45) is 5.33. The smallest absolute Gasteiger partial charge is 0.168 e. The molecule has 0 radical (unpaired) electrons. The average Bonchev–Trinajstić information content (AvgIpc) is 3.27. The zero-order chi connectivity index (χ0) is 17.7. The predicted molar refractivity (Wildman–Crippen MR) is 111 cm³/mol. The Bertz CT molecular complexity index is 1240. The van der Waals surface area contributed by atoms with Crippen LogP contribution >= 0.6 is 34.2 Å². The highest BCUT2D eigenvalue weighted by atomic mass is 127. The summed E-state index contributed by atoms with van der Waals surface area (Å²) >= 11 is 8.37. The van der Waals surface area contributed by atoms with Crippen molar-refractivity contribution in [2.24, 2.45) is 0 Å². The zero-order valence-corrected chi connectivity index (χ0v) is 16.3. The van der Waals surface area contributed by atoms with Gasteiger partial charge in [-0.1, -0.05) is 23.7 Å². The molecule has 126 valence electrons. The van der Waals surface area contributed by atoms with Crippen LogP contribution in [0.2, 0.25) is 5.02 Å². The normalized spacial score (nSPS) is 11.5. The molecule has 2 aromatic carbocycles. The standard InChI is InChI=1S/C19H11ClIN5/c20-13-3-1-12(2-4-13)16-9-25(15-7-5-14(21)6-8-15)18-17(16)19-22-10-24-26(19)11-23-18/h1-11H. The minimum absolute atomic E-state index is 0.709. The molecule has 0 unspecified atom stereocenters. The van der Waals surface area contributed by atoms with Crippen molar-refractivity contribution < 1.29 is 0 Å². The van der Waals surface area contributed by atoms with E-state index in [2.05, 4.69) is 72.7 Å². The Morgan fingerprint density at radius 3 is 2.42 bits per heavy atom. The molecule has 0 bridgehead atoms. The fourth-order valence-electron chi connectivity index (χ4n) is 3.11. The van der Waals surface area contributed by atoms with Gasteiger partial charge in [0, 0.05) is 26.0 Å². The van der Waals surface area contributed by atoms with Crippen LogP contribution in [0.5, 0.6) is 0 Å². The topological polar surface area (TPSA) is 48.0 Å². The van der Waals surface area contributed by atoms with E-state index in [0.717, 1.165) is 33.5 Å². The second kappa shape index (κ2) is 6.07. The number of aromatic nitrogens is 5. The van der Waals surface area contributed by atoms with Gasteiger partial charge in [-0.3, -0.25) is 0 Å². The number of fused-ring (bicyclic) bond motifs is 3. The van der Waals surface area contributed by atoms with Crippen molar-refractivity contribution in [2.45, 2.75) is 0 Å². The molecule has 0 N–H and O–H groups in total. The first-order valence-corrected chi connectivity index (χ1v) is 9.38. The average molecular weight is 472 g/mol. The Morgan fingerprint density at radius 1 is 0.885 bits per heavy atom. The fraction of sp³-hybridized carbons (Fsp3) is 0. The second-order valence-corrected chi connectivity index (χ2v) is 7.55. The summed E-state index contributed by atoms with van der Waals surface area (Å²) in [5.41, 5.74) is 4.77. The van der Waals surface area contributed by atoms with Crippen molar-refractivity contribution in [3.8, 4) is 16.8 Å². The van der Waals surface area contributed by atoms with Gasteiger partial charge in [-0.05, 0) is 64.6 Å². The van der Waals surface area contributed by atoms with E-state index in [9.17, 15) is 0 Å². The number of hydrogen-bond donors (Lipinski definition) is 0. The SMILES string of the molecule is Clc1ccc(-c2cn(-c3ccc(I)cc3)c3ncn4ncnc4c23)cc1. The summed E-state index contributed by atoms with van der Waals surface area (Å²) in [5.74, 6) is 0. The van der Waals surface area contributed by atoms with Gasteiger partial charge in [0.25, 0.3) is 0 Å². The summed E-state index contributed by atoms with van der Waals surface area (Å²) in [4.78, 5) is 9.08. The molecule has 26 heavy (non-hydrogen) atoms. The molecule has 5 aromatic rings. The van der Waals surface area contributed by atoms with Gasteiger partial charge in [-0.15, -0.1) is 0 Å². The maximum absolute atomic E-state index is 6.07. The van der Waals surface area contributed by atoms with Gasteiger partial charge in [0.2, 0.25) is 0 Å². The molecule has 7 heteroatoms. The first-order valence-electron chi connectivity index (χ1n) is 7.92. The minimum atomic E-state index is 0.709. The first-order chi connectivity index (χ1) is 12.7. The summed E-state index contributed by atoms with van der Waals surface area (Å²) in [6, 6.07) is 16.1. The number of halogens is 2. The van der Waals surface area contributed by atoms with Crippen LogP contribution in [0, 0.1) is 3.57 Å². The molecule has 0 saturated heterocycles. The summed E-state index contributed by atoms with van der Waals surface area (Å²) < 4.78 is 4.97. The van der Waals surface area contributed by atoms with Crippen LogP contribution in [-0.2, 0) is 0 Å². The molecule has 0 aliphatic heterocycles. The number of rotatable bonds is 2. The van der Waals surface area contributed by atoms with E-state index in [1.54, 1.807) is 17.2 Å². The lowest BCUT2D eigenvalue weighted by atomic mass is 10.1. The molecule has 5 nitrogen and oxygen atoms in total. The Kier molecular flexibility index (Phi) is 3.68. The number of nitrogens with zero attached hydrogens (tertiary/aromatic N) is 5. The lowest BCUT2D eigenvalue weighted by Crippen LogP contribution is -1.96. The highest BCUT2D eigenvalue weighted by Gasteiger charge is 2.17. The maximum atomic E-state index is 6.07. The van der Waals surface area contributed by atoms with Gasteiger partial charge in [0.1, 0.15) is 12.7 Å². The zero-order valence-electron chi connectivity index (χ0n) is 13.3. The van der Waals surface area contributed by atoms with Gasteiger partial charge in [0.15, 0.2) is 11.3 Å². The van der Waals surface area contributed by atoms with Crippen LogP contribution in [0.25, 0.3) is 33.5 Å². The van der Waals surface area contributed by atoms with Crippen LogP contribution in [0.1, 0.15) is 0 Å². The largest absolute Gasteiger partial charge is 0.301 e. The van der Waals surface area contributed by atoms with Crippen LogP contribution in [0.15, 0.2) is 67.4 Å². The highest BCUT2D eigenvalue weighted by Crippen LogP contribution is 2.34. The van der Waals surface area contributed by atoms with E-state index in [-0.39, 0.29) is 0 Å². The van der Waals surface area contributed by atoms with Crippen LogP contribution in [0.3, 0.4) is 0 Å². The van der Waals surface area contributed by atoms with Crippen LogP contribution < -0.4 is 0 Å². The molecule has 0 aliphatic carbocycles. The van der Waals surface area contributed by atoms with E-state index in [0.29, 0.717) is 5.02 Å². The van der Waals surface area contributed by atoms with Crippen molar-refractivity contribution in [3.63, 3.8) is 0 Å². The lowest BCUT2D eigenvalue weighted by molar-refractivity contribution is 0.926. The fourth-order valence-corrected chi connectivity index (χ4v) is 3.60. The van der Waals surface area contributed by atoms with Gasteiger partial charge in [0.05, 0.1) is 5.39 Å². The molecule has 0 atom stereocenters. The molecule has 0 spiro atoms. The molecular formula is C19H11ClIN5.